The maximum Gasteiger partial charge on any atom is 0.339 e. The largest absolute Gasteiger partial charge is 0.488 e. The number of rotatable bonds is 5. The molecule has 0 amide bonds. The minimum absolute atomic E-state index is 0.164. The Hall–Kier alpha value is -1.81. The first-order chi connectivity index (χ1) is 9.97. The summed E-state index contributed by atoms with van der Waals surface area (Å²) in [5.41, 5.74) is 2.44. The van der Waals surface area contributed by atoms with E-state index in [-0.39, 0.29) is 5.56 Å². The van der Waals surface area contributed by atoms with Crippen molar-refractivity contribution >= 4 is 21.9 Å². The van der Waals surface area contributed by atoms with E-state index in [1.165, 1.54) is 11.6 Å². The molecule has 0 bridgehead atoms. The number of carboxylic acid groups (broad SMARTS) is 1. The number of hydrogen-bond acceptors (Lipinski definition) is 2. The Kier molecular flexibility index (Phi) is 5.02. The molecule has 0 saturated heterocycles. The minimum Gasteiger partial charge on any atom is -0.488 e. The molecule has 0 fully saturated rings. The first kappa shape index (κ1) is 15.6. The first-order valence-electron chi connectivity index (χ1n) is 6.72. The topological polar surface area (TPSA) is 46.5 Å². The van der Waals surface area contributed by atoms with Crippen LogP contribution < -0.4 is 4.74 Å². The molecule has 0 aliphatic carbocycles. The van der Waals surface area contributed by atoms with Crippen molar-refractivity contribution in [3.8, 4) is 5.75 Å². The summed E-state index contributed by atoms with van der Waals surface area (Å²) in [6, 6.07) is 13.1. The van der Waals surface area contributed by atoms with Crippen LogP contribution in [0.2, 0.25) is 0 Å². The lowest BCUT2D eigenvalue weighted by molar-refractivity contribution is 0.0691. The predicted molar refractivity (Wildman–Crippen MR) is 86.0 cm³/mol. The molecule has 4 heteroatoms. The van der Waals surface area contributed by atoms with Gasteiger partial charge in [0.2, 0.25) is 0 Å². The molecule has 2 aromatic carbocycles. The summed E-state index contributed by atoms with van der Waals surface area (Å²) in [4.78, 5) is 11.2. The number of halogens is 1. The van der Waals surface area contributed by atoms with Crippen LogP contribution in [0.5, 0.6) is 5.75 Å². The highest BCUT2D eigenvalue weighted by atomic mass is 79.9. The highest BCUT2D eigenvalue weighted by Crippen LogP contribution is 2.25. The highest BCUT2D eigenvalue weighted by Gasteiger charge is 2.11. The van der Waals surface area contributed by atoms with E-state index < -0.39 is 5.97 Å². The first-order valence-corrected chi connectivity index (χ1v) is 7.51. The smallest absolute Gasteiger partial charge is 0.339 e. The molecule has 1 N–H and O–H groups in total. The lowest BCUT2D eigenvalue weighted by atomic mass is 10.0. The van der Waals surface area contributed by atoms with Crippen LogP contribution in [-0.2, 0) is 6.61 Å². The highest BCUT2D eigenvalue weighted by molar-refractivity contribution is 9.10. The van der Waals surface area contributed by atoms with Gasteiger partial charge in [-0.05, 0) is 35.2 Å². The van der Waals surface area contributed by atoms with E-state index in [0.29, 0.717) is 18.3 Å². The molecule has 2 rings (SSSR count). The van der Waals surface area contributed by atoms with Gasteiger partial charge in [0.1, 0.15) is 17.9 Å². The third-order valence-corrected chi connectivity index (χ3v) is 3.71. The van der Waals surface area contributed by atoms with Crippen LogP contribution in [0.15, 0.2) is 46.9 Å². The Balaban J connectivity index is 2.12. The van der Waals surface area contributed by atoms with Crippen LogP contribution in [0.25, 0.3) is 0 Å². The molecule has 0 radical (unpaired) electrons. The fourth-order valence-corrected chi connectivity index (χ4v) is 2.29. The van der Waals surface area contributed by atoms with Gasteiger partial charge in [0.25, 0.3) is 0 Å². The van der Waals surface area contributed by atoms with Crippen molar-refractivity contribution in [1.29, 1.82) is 0 Å². The van der Waals surface area contributed by atoms with E-state index in [9.17, 15) is 4.79 Å². The van der Waals surface area contributed by atoms with E-state index in [1.807, 2.05) is 12.1 Å². The van der Waals surface area contributed by atoms with E-state index in [0.717, 1.165) is 10.0 Å². The Morgan fingerprint density at radius 2 is 1.86 bits per heavy atom. The van der Waals surface area contributed by atoms with Gasteiger partial charge in [-0.3, -0.25) is 0 Å². The van der Waals surface area contributed by atoms with Crippen molar-refractivity contribution in [3.63, 3.8) is 0 Å². The van der Waals surface area contributed by atoms with E-state index in [2.05, 4.69) is 41.9 Å². The summed E-state index contributed by atoms with van der Waals surface area (Å²) >= 11 is 3.32. The van der Waals surface area contributed by atoms with Crippen LogP contribution in [0.3, 0.4) is 0 Å². The summed E-state index contributed by atoms with van der Waals surface area (Å²) in [6.45, 7) is 4.63. The Morgan fingerprint density at radius 3 is 2.43 bits per heavy atom. The Labute approximate surface area is 132 Å². The fraction of sp³-hybridized carbons (Fsp3) is 0.235. The van der Waals surface area contributed by atoms with Crippen LogP contribution >= 0.6 is 15.9 Å². The van der Waals surface area contributed by atoms with Gasteiger partial charge >= 0.3 is 5.97 Å². The standard InChI is InChI=1S/C17H17BrO3/c1-11(2)13-5-3-12(4-6-13)10-21-16-9-14(18)7-8-15(16)17(19)20/h3-9,11H,10H2,1-2H3,(H,19,20). The quantitative estimate of drug-likeness (QED) is 0.839. The number of hydrogen-bond donors (Lipinski definition) is 1. The van der Waals surface area contributed by atoms with Crippen molar-refractivity contribution in [2.75, 3.05) is 0 Å². The number of carbonyl (C=O) groups is 1. The van der Waals surface area contributed by atoms with Gasteiger partial charge in [-0.1, -0.05) is 54.0 Å². The number of benzene rings is 2. The van der Waals surface area contributed by atoms with Crippen molar-refractivity contribution in [3.05, 3.63) is 63.6 Å². The lowest BCUT2D eigenvalue weighted by Gasteiger charge is -2.11. The van der Waals surface area contributed by atoms with Crippen molar-refractivity contribution in [2.45, 2.75) is 26.4 Å². The molecule has 21 heavy (non-hydrogen) atoms. The second kappa shape index (κ2) is 6.76. The van der Waals surface area contributed by atoms with Crippen molar-refractivity contribution in [1.82, 2.24) is 0 Å². The molecule has 0 aliphatic rings. The van der Waals surface area contributed by atoms with Crippen LogP contribution in [0.4, 0.5) is 0 Å². The zero-order chi connectivity index (χ0) is 15.4. The molecule has 110 valence electrons. The van der Waals surface area contributed by atoms with Crippen molar-refractivity contribution < 1.29 is 14.6 Å². The maximum absolute atomic E-state index is 11.2. The van der Waals surface area contributed by atoms with Crippen LogP contribution in [0.1, 0.15) is 41.3 Å². The van der Waals surface area contributed by atoms with E-state index >= 15 is 0 Å². The van der Waals surface area contributed by atoms with Crippen molar-refractivity contribution in [2.24, 2.45) is 0 Å². The summed E-state index contributed by atoms with van der Waals surface area (Å²) < 4.78 is 6.44. The molecule has 0 aliphatic heterocycles. The molecular weight excluding hydrogens is 332 g/mol. The van der Waals surface area contributed by atoms with E-state index in [1.54, 1.807) is 12.1 Å². The fourth-order valence-electron chi connectivity index (χ4n) is 1.95. The Morgan fingerprint density at radius 1 is 1.19 bits per heavy atom. The van der Waals surface area contributed by atoms with Gasteiger partial charge in [-0.2, -0.15) is 0 Å². The SMILES string of the molecule is CC(C)c1ccc(COc2cc(Br)ccc2C(=O)O)cc1. The molecular formula is C17H17BrO3. The maximum atomic E-state index is 11.2. The average molecular weight is 349 g/mol. The zero-order valence-electron chi connectivity index (χ0n) is 12.0. The monoisotopic (exact) mass is 348 g/mol. The molecule has 0 saturated carbocycles. The average Bonchev–Trinajstić information content (AvgIpc) is 2.45. The number of aromatic carboxylic acids is 1. The number of carboxylic acids is 1. The minimum atomic E-state index is -0.993. The molecule has 0 spiro atoms. The molecule has 0 heterocycles. The van der Waals surface area contributed by atoms with Gasteiger partial charge in [0, 0.05) is 4.47 Å². The predicted octanol–water partition coefficient (Wildman–Crippen LogP) is 4.85. The third-order valence-electron chi connectivity index (χ3n) is 3.21. The summed E-state index contributed by atoms with van der Waals surface area (Å²) in [5, 5.41) is 9.16. The van der Waals surface area contributed by atoms with E-state index in [4.69, 9.17) is 9.84 Å². The van der Waals surface area contributed by atoms with Crippen LogP contribution in [0, 0.1) is 0 Å². The zero-order valence-corrected chi connectivity index (χ0v) is 13.6. The number of ether oxygens (including phenoxy) is 1. The Bertz CT molecular complexity index is 633. The summed E-state index contributed by atoms with van der Waals surface area (Å²) in [5.74, 6) is -0.138. The normalized spacial score (nSPS) is 10.7. The second-order valence-electron chi connectivity index (χ2n) is 5.13. The third kappa shape index (κ3) is 4.08. The van der Waals surface area contributed by atoms with Gasteiger partial charge < -0.3 is 9.84 Å². The summed E-state index contributed by atoms with van der Waals surface area (Å²) in [7, 11) is 0. The molecule has 0 atom stereocenters. The van der Waals surface area contributed by atoms with Gasteiger partial charge in [-0.25, -0.2) is 4.79 Å². The second-order valence-corrected chi connectivity index (χ2v) is 6.05. The molecule has 0 aromatic heterocycles. The van der Waals surface area contributed by atoms with Gasteiger partial charge in [0.15, 0.2) is 0 Å². The molecule has 2 aromatic rings. The lowest BCUT2D eigenvalue weighted by Crippen LogP contribution is -2.03. The van der Waals surface area contributed by atoms with Crippen LogP contribution in [-0.4, -0.2) is 11.1 Å². The van der Waals surface area contributed by atoms with Gasteiger partial charge in [0.05, 0.1) is 0 Å². The molecule has 0 unspecified atom stereocenters. The molecule has 3 nitrogen and oxygen atoms in total. The van der Waals surface area contributed by atoms with Gasteiger partial charge in [-0.15, -0.1) is 0 Å². The summed E-state index contributed by atoms with van der Waals surface area (Å²) in [6.07, 6.45) is 0.